The first-order chi connectivity index (χ1) is 8.07. The van der Waals surface area contributed by atoms with E-state index in [1.54, 1.807) is 0 Å². The van der Waals surface area contributed by atoms with Crippen molar-refractivity contribution in [1.29, 1.82) is 0 Å². The molecule has 1 N–H and O–H groups in total. The van der Waals surface area contributed by atoms with Gasteiger partial charge in [0.05, 0.1) is 0 Å². The molecule has 0 amide bonds. The van der Waals surface area contributed by atoms with Crippen LogP contribution in [0.25, 0.3) is 0 Å². The van der Waals surface area contributed by atoms with Crippen LogP contribution in [0.2, 0.25) is 0 Å². The summed E-state index contributed by atoms with van der Waals surface area (Å²) in [6.07, 6.45) is 1.34. The lowest BCUT2D eigenvalue weighted by atomic mass is 9.83. The SMILES string of the molecule is CC(C)NCC1CC1(c1ccccc1)C(C)C. The second kappa shape index (κ2) is 4.81. The molecule has 94 valence electrons. The highest BCUT2D eigenvalue weighted by atomic mass is 14.9. The van der Waals surface area contributed by atoms with E-state index in [2.05, 4.69) is 63.3 Å². The predicted molar refractivity (Wildman–Crippen MR) is 74.2 cm³/mol. The van der Waals surface area contributed by atoms with E-state index < -0.39 is 0 Å². The van der Waals surface area contributed by atoms with Crippen molar-refractivity contribution < 1.29 is 0 Å². The largest absolute Gasteiger partial charge is 0.314 e. The first-order valence-corrected chi connectivity index (χ1v) is 6.86. The third-order valence-electron chi connectivity index (χ3n) is 4.27. The van der Waals surface area contributed by atoms with Crippen LogP contribution in [0.4, 0.5) is 0 Å². The first-order valence-electron chi connectivity index (χ1n) is 6.86. The van der Waals surface area contributed by atoms with Crippen LogP contribution in [0.3, 0.4) is 0 Å². The van der Waals surface area contributed by atoms with Gasteiger partial charge < -0.3 is 5.32 Å². The minimum atomic E-state index is 0.434. The fourth-order valence-corrected chi connectivity index (χ4v) is 3.12. The molecule has 2 unspecified atom stereocenters. The van der Waals surface area contributed by atoms with Crippen molar-refractivity contribution >= 4 is 0 Å². The molecule has 0 bridgehead atoms. The Balaban J connectivity index is 2.10. The van der Waals surface area contributed by atoms with Crippen molar-refractivity contribution in [3.8, 4) is 0 Å². The topological polar surface area (TPSA) is 12.0 Å². The van der Waals surface area contributed by atoms with Crippen molar-refractivity contribution in [2.45, 2.75) is 45.6 Å². The maximum Gasteiger partial charge on any atom is 0.00200 e. The van der Waals surface area contributed by atoms with Gasteiger partial charge in [-0.25, -0.2) is 0 Å². The van der Waals surface area contributed by atoms with E-state index in [1.807, 2.05) is 0 Å². The Morgan fingerprint density at radius 2 is 1.82 bits per heavy atom. The molecule has 0 aliphatic heterocycles. The number of hydrogen-bond acceptors (Lipinski definition) is 1. The lowest BCUT2D eigenvalue weighted by molar-refractivity contribution is 0.420. The van der Waals surface area contributed by atoms with Crippen molar-refractivity contribution in [3.05, 3.63) is 35.9 Å². The highest BCUT2D eigenvalue weighted by Gasteiger charge is 2.56. The summed E-state index contributed by atoms with van der Waals surface area (Å²) in [6.45, 7) is 10.3. The summed E-state index contributed by atoms with van der Waals surface area (Å²) in [7, 11) is 0. The second-order valence-electron chi connectivity index (χ2n) is 6.03. The van der Waals surface area contributed by atoms with Crippen LogP contribution in [-0.2, 0) is 5.41 Å². The van der Waals surface area contributed by atoms with E-state index in [4.69, 9.17) is 0 Å². The van der Waals surface area contributed by atoms with Crippen LogP contribution in [0.15, 0.2) is 30.3 Å². The molecule has 0 aromatic heterocycles. The molecule has 1 aliphatic rings. The summed E-state index contributed by atoms with van der Waals surface area (Å²) < 4.78 is 0. The quantitative estimate of drug-likeness (QED) is 0.816. The van der Waals surface area contributed by atoms with E-state index in [0.717, 1.165) is 18.4 Å². The van der Waals surface area contributed by atoms with Crippen molar-refractivity contribution in [1.82, 2.24) is 5.32 Å². The number of benzene rings is 1. The molecule has 0 heterocycles. The van der Waals surface area contributed by atoms with Gasteiger partial charge in [0.1, 0.15) is 0 Å². The number of nitrogens with one attached hydrogen (secondary N) is 1. The van der Waals surface area contributed by atoms with Crippen molar-refractivity contribution in [2.24, 2.45) is 11.8 Å². The summed E-state index contributed by atoms with van der Waals surface area (Å²) in [6, 6.07) is 11.7. The third-order valence-corrected chi connectivity index (χ3v) is 4.27. The van der Waals surface area contributed by atoms with Crippen LogP contribution < -0.4 is 5.32 Å². The summed E-state index contributed by atoms with van der Waals surface area (Å²) in [5.74, 6) is 1.54. The average Bonchev–Trinajstić information content (AvgIpc) is 3.03. The maximum absolute atomic E-state index is 3.59. The molecule has 1 saturated carbocycles. The lowest BCUT2D eigenvalue weighted by Crippen LogP contribution is -2.29. The van der Waals surface area contributed by atoms with Crippen LogP contribution in [0.1, 0.15) is 39.7 Å². The molecular weight excluding hydrogens is 206 g/mol. The van der Waals surface area contributed by atoms with Crippen LogP contribution >= 0.6 is 0 Å². The molecule has 17 heavy (non-hydrogen) atoms. The smallest absolute Gasteiger partial charge is 0.00200 e. The van der Waals surface area contributed by atoms with Crippen molar-refractivity contribution in [3.63, 3.8) is 0 Å². The Hall–Kier alpha value is -0.820. The molecule has 1 aromatic carbocycles. The molecule has 2 atom stereocenters. The molecule has 0 radical (unpaired) electrons. The molecule has 1 aliphatic carbocycles. The lowest BCUT2D eigenvalue weighted by Gasteiger charge is -2.23. The van der Waals surface area contributed by atoms with Crippen LogP contribution in [-0.4, -0.2) is 12.6 Å². The Labute approximate surface area is 106 Å². The molecule has 1 heteroatoms. The maximum atomic E-state index is 3.59. The minimum Gasteiger partial charge on any atom is -0.314 e. The van der Waals surface area contributed by atoms with E-state index in [0.29, 0.717) is 11.5 Å². The predicted octanol–water partition coefficient (Wildman–Crippen LogP) is 3.60. The number of rotatable bonds is 5. The van der Waals surface area contributed by atoms with E-state index in [1.165, 1.54) is 12.0 Å². The summed E-state index contributed by atoms with van der Waals surface area (Å²) in [5, 5.41) is 3.59. The highest BCUT2D eigenvalue weighted by molar-refractivity contribution is 5.34. The van der Waals surface area contributed by atoms with Crippen LogP contribution in [0, 0.1) is 11.8 Å². The van der Waals surface area contributed by atoms with Gasteiger partial charge in [0.2, 0.25) is 0 Å². The van der Waals surface area contributed by atoms with Gasteiger partial charge in [0.25, 0.3) is 0 Å². The summed E-state index contributed by atoms with van der Waals surface area (Å²) in [5.41, 5.74) is 1.97. The molecule has 0 saturated heterocycles. The number of hydrogen-bond donors (Lipinski definition) is 1. The van der Waals surface area contributed by atoms with Gasteiger partial charge in [-0.2, -0.15) is 0 Å². The Morgan fingerprint density at radius 1 is 1.18 bits per heavy atom. The first kappa shape index (κ1) is 12.6. The van der Waals surface area contributed by atoms with E-state index in [9.17, 15) is 0 Å². The average molecular weight is 231 g/mol. The third kappa shape index (κ3) is 2.40. The summed E-state index contributed by atoms with van der Waals surface area (Å²) >= 11 is 0. The molecule has 1 fully saturated rings. The van der Waals surface area contributed by atoms with Crippen molar-refractivity contribution in [2.75, 3.05) is 6.54 Å². The van der Waals surface area contributed by atoms with Gasteiger partial charge in [-0.3, -0.25) is 0 Å². The second-order valence-corrected chi connectivity index (χ2v) is 6.03. The van der Waals surface area contributed by atoms with Crippen LogP contribution in [0.5, 0.6) is 0 Å². The Morgan fingerprint density at radius 3 is 2.35 bits per heavy atom. The zero-order valence-corrected chi connectivity index (χ0v) is 11.5. The standard InChI is InChI=1S/C16H25N/c1-12(2)16(14-8-6-5-7-9-14)10-15(16)11-17-13(3)4/h5-9,12-13,15,17H,10-11H2,1-4H3. The Bertz CT molecular complexity index is 355. The van der Waals surface area contributed by atoms with E-state index in [-0.39, 0.29) is 0 Å². The van der Waals surface area contributed by atoms with Gasteiger partial charge in [0.15, 0.2) is 0 Å². The normalized spacial score (nSPS) is 27.8. The van der Waals surface area contributed by atoms with E-state index >= 15 is 0 Å². The van der Waals surface area contributed by atoms with Gasteiger partial charge in [-0.15, -0.1) is 0 Å². The molecule has 0 spiro atoms. The highest BCUT2D eigenvalue weighted by Crippen LogP contribution is 2.58. The fraction of sp³-hybridized carbons (Fsp3) is 0.625. The summed E-state index contributed by atoms with van der Waals surface area (Å²) in [4.78, 5) is 0. The Kier molecular flexibility index (Phi) is 3.58. The molecular formula is C16H25N. The molecule has 1 nitrogen and oxygen atoms in total. The monoisotopic (exact) mass is 231 g/mol. The fourth-order valence-electron chi connectivity index (χ4n) is 3.12. The van der Waals surface area contributed by atoms with Gasteiger partial charge in [-0.1, -0.05) is 58.0 Å². The molecule has 2 rings (SSSR count). The minimum absolute atomic E-state index is 0.434. The zero-order valence-electron chi connectivity index (χ0n) is 11.5. The van der Waals surface area contributed by atoms with Gasteiger partial charge in [-0.05, 0) is 30.4 Å². The zero-order chi connectivity index (χ0) is 12.5. The van der Waals surface area contributed by atoms with Gasteiger partial charge >= 0.3 is 0 Å². The molecule has 1 aromatic rings. The van der Waals surface area contributed by atoms with Gasteiger partial charge in [0, 0.05) is 11.5 Å².